The first-order valence-electron chi connectivity index (χ1n) is 6.67. The Kier molecular flexibility index (Phi) is 4.96. The highest BCUT2D eigenvalue weighted by atomic mass is 19.1. The van der Waals surface area contributed by atoms with E-state index in [1.807, 2.05) is 6.07 Å². The second kappa shape index (κ2) is 6.71. The number of anilines is 1. The second-order valence-electron chi connectivity index (χ2n) is 5.02. The minimum atomic E-state index is -0.174. The van der Waals surface area contributed by atoms with Crippen LogP contribution in [0.4, 0.5) is 10.1 Å². The molecule has 3 nitrogen and oxygen atoms in total. The SMILES string of the molecule is CC(CNc1ccccc1F)CN1CCNCC1. The molecular weight excluding hydrogens is 229 g/mol. The molecule has 100 valence electrons. The maximum atomic E-state index is 13.4. The number of hydrogen-bond acceptors (Lipinski definition) is 3. The second-order valence-corrected chi connectivity index (χ2v) is 5.02. The van der Waals surface area contributed by atoms with Gasteiger partial charge in [-0.3, -0.25) is 0 Å². The molecule has 4 heteroatoms. The van der Waals surface area contributed by atoms with Gasteiger partial charge < -0.3 is 15.5 Å². The van der Waals surface area contributed by atoms with Crippen LogP contribution in [0.25, 0.3) is 0 Å². The van der Waals surface area contributed by atoms with Crippen LogP contribution in [0.15, 0.2) is 24.3 Å². The molecule has 1 atom stereocenters. The lowest BCUT2D eigenvalue weighted by molar-refractivity contribution is 0.215. The minimum Gasteiger partial charge on any atom is -0.382 e. The van der Waals surface area contributed by atoms with Crippen LogP contribution in [0, 0.1) is 11.7 Å². The van der Waals surface area contributed by atoms with E-state index in [4.69, 9.17) is 0 Å². The summed E-state index contributed by atoms with van der Waals surface area (Å²) in [4.78, 5) is 2.46. The van der Waals surface area contributed by atoms with Gasteiger partial charge in [-0.05, 0) is 18.1 Å². The number of nitrogens with one attached hydrogen (secondary N) is 2. The van der Waals surface area contributed by atoms with E-state index in [0.717, 1.165) is 39.3 Å². The van der Waals surface area contributed by atoms with Crippen LogP contribution in [0.5, 0.6) is 0 Å². The van der Waals surface area contributed by atoms with E-state index in [2.05, 4.69) is 22.5 Å². The summed E-state index contributed by atoms with van der Waals surface area (Å²) in [6, 6.07) is 6.84. The molecule has 0 aliphatic carbocycles. The predicted octanol–water partition coefficient (Wildman–Crippen LogP) is 1.78. The Bertz CT molecular complexity index is 364. The van der Waals surface area contributed by atoms with Crippen LogP contribution >= 0.6 is 0 Å². The Hall–Kier alpha value is -1.13. The summed E-state index contributed by atoms with van der Waals surface area (Å²) >= 11 is 0. The van der Waals surface area contributed by atoms with Crippen LogP contribution in [0.3, 0.4) is 0 Å². The van der Waals surface area contributed by atoms with E-state index in [0.29, 0.717) is 11.6 Å². The fourth-order valence-electron chi connectivity index (χ4n) is 2.29. The molecule has 1 aromatic rings. The molecule has 1 heterocycles. The van der Waals surface area contributed by atoms with Crippen molar-refractivity contribution in [3.05, 3.63) is 30.1 Å². The topological polar surface area (TPSA) is 27.3 Å². The summed E-state index contributed by atoms with van der Waals surface area (Å²) < 4.78 is 13.4. The van der Waals surface area contributed by atoms with Crippen molar-refractivity contribution in [2.75, 3.05) is 44.6 Å². The first-order valence-corrected chi connectivity index (χ1v) is 6.67. The van der Waals surface area contributed by atoms with Crippen molar-refractivity contribution in [1.29, 1.82) is 0 Å². The first kappa shape index (κ1) is 13.3. The number of piperazine rings is 1. The summed E-state index contributed by atoms with van der Waals surface area (Å²) in [7, 11) is 0. The van der Waals surface area contributed by atoms with Crippen LogP contribution in [0.1, 0.15) is 6.92 Å². The van der Waals surface area contributed by atoms with Crippen LogP contribution in [-0.2, 0) is 0 Å². The van der Waals surface area contributed by atoms with Crippen molar-refractivity contribution in [3.8, 4) is 0 Å². The van der Waals surface area contributed by atoms with Gasteiger partial charge in [0.15, 0.2) is 0 Å². The number of benzene rings is 1. The van der Waals surface area contributed by atoms with Crippen molar-refractivity contribution >= 4 is 5.69 Å². The third-order valence-electron chi connectivity index (χ3n) is 3.29. The summed E-state index contributed by atoms with van der Waals surface area (Å²) in [5.41, 5.74) is 0.602. The van der Waals surface area contributed by atoms with Crippen LogP contribution in [0.2, 0.25) is 0 Å². The molecule has 0 saturated carbocycles. The van der Waals surface area contributed by atoms with E-state index >= 15 is 0 Å². The van der Waals surface area contributed by atoms with Crippen LogP contribution in [-0.4, -0.2) is 44.2 Å². The largest absolute Gasteiger partial charge is 0.382 e. The zero-order valence-electron chi connectivity index (χ0n) is 11.0. The molecule has 1 fully saturated rings. The molecule has 1 aliphatic heterocycles. The molecular formula is C14H22FN3. The van der Waals surface area contributed by atoms with Gasteiger partial charge in [0.1, 0.15) is 5.82 Å². The normalized spacial score (nSPS) is 18.6. The molecule has 1 saturated heterocycles. The highest BCUT2D eigenvalue weighted by molar-refractivity contribution is 5.44. The number of hydrogen-bond donors (Lipinski definition) is 2. The van der Waals surface area contributed by atoms with Gasteiger partial charge in [-0.25, -0.2) is 4.39 Å². The van der Waals surface area contributed by atoms with E-state index in [1.165, 1.54) is 6.07 Å². The number of para-hydroxylation sites is 1. The maximum Gasteiger partial charge on any atom is 0.146 e. The lowest BCUT2D eigenvalue weighted by Gasteiger charge is -2.29. The van der Waals surface area contributed by atoms with Crippen molar-refractivity contribution in [3.63, 3.8) is 0 Å². The summed E-state index contributed by atoms with van der Waals surface area (Å²) in [5.74, 6) is 0.342. The molecule has 0 amide bonds. The molecule has 0 spiro atoms. The van der Waals surface area contributed by atoms with Gasteiger partial charge in [0, 0.05) is 39.3 Å². The highest BCUT2D eigenvalue weighted by Crippen LogP contribution is 2.13. The molecule has 1 unspecified atom stereocenters. The zero-order chi connectivity index (χ0) is 12.8. The summed E-state index contributed by atoms with van der Waals surface area (Å²) in [6.07, 6.45) is 0. The van der Waals surface area contributed by atoms with Gasteiger partial charge in [-0.15, -0.1) is 0 Å². The molecule has 18 heavy (non-hydrogen) atoms. The number of nitrogens with zero attached hydrogens (tertiary/aromatic N) is 1. The fourth-order valence-corrected chi connectivity index (χ4v) is 2.29. The van der Waals surface area contributed by atoms with Gasteiger partial charge in [0.2, 0.25) is 0 Å². The van der Waals surface area contributed by atoms with Gasteiger partial charge in [0.25, 0.3) is 0 Å². The predicted molar refractivity (Wildman–Crippen MR) is 73.4 cm³/mol. The van der Waals surface area contributed by atoms with E-state index < -0.39 is 0 Å². The average Bonchev–Trinajstić information content (AvgIpc) is 2.39. The van der Waals surface area contributed by atoms with E-state index in [-0.39, 0.29) is 5.82 Å². The third kappa shape index (κ3) is 3.96. The van der Waals surface area contributed by atoms with Crippen molar-refractivity contribution < 1.29 is 4.39 Å². The number of rotatable bonds is 5. The molecule has 1 aliphatic rings. The molecule has 0 bridgehead atoms. The van der Waals surface area contributed by atoms with Gasteiger partial charge in [-0.2, -0.15) is 0 Å². The smallest absolute Gasteiger partial charge is 0.146 e. The quantitative estimate of drug-likeness (QED) is 0.835. The minimum absolute atomic E-state index is 0.174. The molecule has 0 aromatic heterocycles. The Morgan fingerprint density at radius 1 is 1.33 bits per heavy atom. The van der Waals surface area contributed by atoms with Gasteiger partial charge in [0.05, 0.1) is 5.69 Å². The monoisotopic (exact) mass is 251 g/mol. The Labute approximate surface area is 108 Å². The third-order valence-corrected chi connectivity index (χ3v) is 3.29. The fraction of sp³-hybridized carbons (Fsp3) is 0.571. The Balaban J connectivity index is 1.74. The Morgan fingerprint density at radius 2 is 2.06 bits per heavy atom. The van der Waals surface area contributed by atoms with Gasteiger partial charge in [-0.1, -0.05) is 19.1 Å². The average molecular weight is 251 g/mol. The van der Waals surface area contributed by atoms with Crippen LogP contribution < -0.4 is 10.6 Å². The first-order chi connectivity index (χ1) is 8.75. The summed E-state index contributed by atoms with van der Waals surface area (Å²) in [5, 5.41) is 6.53. The van der Waals surface area contributed by atoms with E-state index in [9.17, 15) is 4.39 Å². The molecule has 0 radical (unpaired) electrons. The standard InChI is InChI=1S/C14H22FN3/c1-12(11-18-8-6-16-7-9-18)10-17-14-5-3-2-4-13(14)15/h2-5,12,16-17H,6-11H2,1H3. The lowest BCUT2D eigenvalue weighted by atomic mass is 10.1. The van der Waals surface area contributed by atoms with Crippen molar-refractivity contribution in [1.82, 2.24) is 10.2 Å². The maximum absolute atomic E-state index is 13.4. The van der Waals surface area contributed by atoms with Crippen molar-refractivity contribution in [2.24, 2.45) is 5.92 Å². The lowest BCUT2D eigenvalue weighted by Crippen LogP contribution is -2.45. The molecule has 2 rings (SSSR count). The highest BCUT2D eigenvalue weighted by Gasteiger charge is 2.13. The Morgan fingerprint density at radius 3 is 2.78 bits per heavy atom. The molecule has 1 aromatic carbocycles. The number of halogens is 1. The van der Waals surface area contributed by atoms with Crippen molar-refractivity contribution in [2.45, 2.75) is 6.92 Å². The van der Waals surface area contributed by atoms with E-state index in [1.54, 1.807) is 12.1 Å². The summed E-state index contributed by atoms with van der Waals surface area (Å²) in [6.45, 7) is 8.47. The zero-order valence-corrected chi connectivity index (χ0v) is 11.0. The van der Waals surface area contributed by atoms with Gasteiger partial charge >= 0.3 is 0 Å². The molecule has 2 N–H and O–H groups in total.